The minimum absolute atomic E-state index is 0.0863. The normalized spacial score (nSPS) is 20.2. The number of carboxylic acids is 1. The molecule has 5 heteroatoms. The lowest BCUT2D eigenvalue weighted by molar-refractivity contribution is -0.147. The van der Waals surface area contributed by atoms with Crippen molar-refractivity contribution < 1.29 is 19.5 Å². The average molecular weight is 219 g/mol. The van der Waals surface area contributed by atoms with Crippen LogP contribution < -0.4 is 4.90 Å². The van der Waals surface area contributed by atoms with Gasteiger partial charge >= 0.3 is 5.97 Å². The van der Waals surface area contributed by atoms with Gasteiger partial charge in [-0.25, -0.2) is 0 Å². The predicted molar refractivity (Wildman–Crippen MR) is 54.9 cm³/mol. The molecule has 1 saturated heterocycles. The monoisotopic (exact) mass is 219 g/mol. The van der Waals surface area contributed by atoms with E-state index < -0.39 is 23.6 Å². The van der Waals surface area contributed by atoms with E-state index in [4.69, 9.17) is 5.11 Å². The highest BCUT2D eigenvalue weighted by Gasteiger charge is 2.43. The Labute approximate surface area is 91.3 Å². The van der Waals surface area contributed by atoms with Crippen molar-refractivity contribution in [3.8, 4) is 0 Å². The summed E-state index contributed by atoms with van der Waals surface area (Å²) in [5.41, 5.74) is 0.546. The maximum Gasteiger partial charge on any atom is 0.316 e. The first-order chi connectivity index (χ1) is 7.61. The number of anilines is 1. The maximum atomic E-state index is 11.5. The van der Waals surface area contributed by atoms with Crippen molar-refractivity contribution in [2.75, 3.05) is 11.4 Å². The molecule has 1 N–H and O–H groups in total. The van der Waals surface area contributed by atoms with E-state index in [1.54, 1.807) is 30.3 Å². The summed E-state index contributed by atoms with van der Waals surface area (Å²) in [4.78, 5) is 34.8. The van der Waals surface area contributed by atoms with Gasteiger partial charge in [-0.1, -0.05) is 18.2 Å². The van der Waals surface area contributed by atoms with Crippen LogP contribution in [0.1, 0.15) is 0 Å². The molecule has 2 rings (SSSR count). The van der Waals surface area contributed by atoms with Crippen molar-refractivity contribution in [1.82, 2.24) is 0 Å². The molecule has 0 bridgehead atoms. The van der Waals surface area contributed by atoms with E-state index in [0.29, 0.717) is 5.69 Å². The Morgan fingerprint density at radius 1 is 1.25 bits per heavy atom. The highest BCUT2D eigenvalue weighted by atomic mass is 16.4. The fourth-order valence-electron chi connectivity index (χ4n) is 1.65. The second kappa shape index (κ2) is 3.77. The van der Waals surface area contributed by atoms with Gasteiger partial charge in [0, 0.05) is 12.2 Å². The number of para-hydroxylation sites is 1. The van der Waals surface area contributed by atoms with Gasteiger partial charge in [0.1, 0.15) is 5.92 Å². The first kappa shape index (κ1) is 10.4. The van der Waals surface area contributed by atoms with Crippen molar-refractivity contribution in [2.24, 2.45) is 5.92 Å². The van der Waals surface area contributed by atoms with Gasteiger partial charge in [-0.2, -0.15) is 0 Å². The Hall–Kier alpha value is -2.17. The van der Waals surface area contributed by atoms with Crippen LogP contribution in [-0.4, -0.2) is 29.3 Å². The van der Waals surface area contributed by atoms with E-state index in [0.717, 1.165) is 0 Å². The van der Waals surface area contributed by atoms with Crippen molar-refractivity contribution in [2.45, 2.75) is 0 Å². The molecule has 1 aromatic carbocycles. The van der Waals surface area contributed by atoms with Gasteiger partial charge in [0.05, 0.1) is 0 Å². The molecular formula is C11H9NO4. The molecule has 5 nitrogen and oxygen atoms in total. The van der Waals surface area contributed by atoms with Crippen LogP contribution in [0.15, 0.2) is 30.3 Å². The van der Waals surface area contributed by atoms with Gasteiger partial charge in [-0.15, -0.1) is 0 Å². The van der Waals surface area contributed by atoms with Gasteiger partial charge in [0.2, 0.25) is 5.78 Å². The van der Waals surface area contributed by atoms with Crippen LogP contribution in [0.3, 0.4) is 0 Å². The number of ketones is 1. The first-order valence-corrected chi connectivity index (χ1v) is 4.75. The quantitative estimate of drug-likeness (QED) is 0.573. The van der Waals surface area contributed by atoms with E-state index in [-0.39, 0.29) is 6.54 Å². The summed E-state index contributed by atoms with van der Waals surface area (Å²) < 4.78 is 0. The maximum absolute atomic E-state index is 11.5. The third-order valence-corrected chi connectivity index (χ3v) is 2.50. The largest absolute Gasteiger partial charge is 0.481 e. The average Bonchev–Trinajstić information content (AvgIpc) is 2.58. The lowest BCUT2D eigenvalue weighted by Crippen LogP contribution is -2.26. The predicted octanol–water partition coefficient (Wildman–Crippen LogP) is 0.303. The Morgan fingerprint density at radius 3 is 2.38 bits per heavy atom. The number of benzene rings is 1. The Kier molecular flexibility index (Phi) is 2.44. The third-order valence-electron chi connectivity index (χ3n) is 2.50. The van der Waals surface area contributed by atoms with Gasteiger partial charge in [-0.3, -0.25) is 14.4 Å². The molecule has 1 amide bonds. The molecule has 0 spiro atoms. The van der Waals surface area contributed by atoms with Crippen molar-refractivity contribution in [3.63, 3.8) is 0 Å². The summed E-state index contributed by atoms with van der Waals surface area (Å²) >= 11 is 0. The summed E-state index contributed by atoms with van der Waals surface area (Å²) in [5, 5.41) is 8.77. The number of carboxylic acid groups (broad SMARTS) is 1. The molecule has 16 heavy (non-hydrogen) atoms. The second-order valence-electron chi connectivity index (χ2n) is 3.51. The molecule has 1 atom stereocenters. The molecule has 82 valence electrons. The SMILES string of the molecule is O=C(O)C1CN(c2ccccc2)C(=O)C1=O. The molecule has 1 aromatic rings. The van der Waals surface area contributed by atoms with Crippen LogP contribution in [-0.2, 0) is 14.4 Å². The van der Waals surface area contributed by atoms with Gasteiger partial charge in [0.25, 0.3) is 5.91 Å². The van der Waals surface area contributed by atoms with Gasteiger partial charge in [-0.05, 0) is 12.1 Å². The van der Waals surface area contributed by atoms with E-state index >= 15 is 0 Å². The number of amides is 1. The minimum atomic E-state index is -1.25. The standard InChI is InChI=1S/C11H9NO4/c13-9-8(11(15)16)6-12(10(9)14)7-4-2-1-3-5-7/h1-5,8H,6H2,(H,15,16). The molecule has 1 aliphatic rings. The number of aliphatic carboxylic acids is 1. The third kappa shape index (κ3) is 1.56. The van der Waals surface area contributed by atoms with Gasteiger partial charge in [0.15, 0.2) is 0 Å². The van der Waals surface area contributed by atoms with Crippen LogP contribution >= 0.6 is 0 Å². The number of rotatable bonds is 2. The molecule has 0 aromatic heterocycles. The fourth-order valence-corrected chi connectivity index (χ4v) is 1.65. The Bertz CT molecular complexity index is 454. The van der Waals surface area contributed by atoms with Crippen molar-refractivity contribution >= 4 is 23.3 Å². The zero-order valence-electron chi connectivity index (χ0n) is 8.29. The first-order valence-electron chi connectivity index (χ1n) is 4.75. The van der Waals surface area contributed by atoms with Crippen molar-refractivity contribution in [1.29, 1.82) is 0 Å². The second-order valence-corrected chi connectivity index (χ2v) is 3.51. The summed E-state index contributed by atoms with van der Waals surface area (Å²) in [6, 6.07) is 8.55. The molecule has 0 radical (unpaired) electrons. The highest BCUT2D eigenvalue weighted by Crippen LogP contribution is 2.22. The number of hydrogen-bond donors (Lipinski definition) is 1. The summed E-state index contributed by atoms with van der Waals surface area (Å²) in [7, 11) is 0. The lowest BCUT2D eigenvalue weighted by atomic mass is 10.1. The molecule has 1 aliphatic heterocycles. The Morgan fingerprint density at radius 2 is 1.88 bits per heavy atom. The number of hydrogen-bond acceptors (Lipinski definition) is 3. The molecular weight excluding hydrogens is 210 g/mol. The zero-order valence-corrected chi connectivity index (χ0v) is 8.29. The summed E-state index contributed by atoms with van der Waals surface area (Å²) in [5.74, 6) is -4.10. The van der Waals surface area contributed by atoms with Crippen LogP contribution in [0, 0.1) is 5.92 Å². The topological polar surface area (TPSA) is 74.7 Å². The smallest absolute Gasteiger partial charge is 0.316 e. The van der Waals surface area contributed by atoms with Crippen LogP contribution in [0.2, 0.25) is 0 Å². The zero-order chi connectivity index (χ0) is 11.7. The Balaban J connectivity index is 2.30. The van der Waals surface area contributed by atoms with Gasteiger partial charge < -0.3 is 10.0 Å². The fraction of sp³-hybridized carbons (Fsp3) is 0.182. The van der Waals surface area contributed by atoms with E-state index in [1.165, 1.54) is 4.90 Å². The van der Waals surface area contributed by atoms with Crippen molar-refractivity contribution in [3.05, 3.63) is 30.3 Å². The number of carbonyl (C=O) groups excluding carboxylic acids is 2. The van der Waals surface area contributed by atoms with Crippen LogP contribution in [0.5, 0.6) is 0 Å². The van der Waals surface area contributed by atoms with Crippen LogP contribution in [0.4, 0.5) is 5.69 Å². The molecule has 0 aliphatic carbocycles. The van der Waals surface area contributed by atoms with E-state index in [2.05, 4.69) is 0 Å². The number of nitrogens with zero attached hydrogens (tertiary/aromatic N) is 1. The highest BCUT2D eigenvalue weighted by molar-refractivity contribution is 6.47. The summed E-state index contributed by atoms with van der Waals surface area (Å²) in [6.45, 7) is -0.0863. The van der Waals surface area contributed by atoms with Crippen LogP contribution in [0.25, 0.3) is 0 Å². The molecule has 0 saturated carbocycles. The molecule has 1 fully saturated rings. The lowest BCUT2D eigenvalue weighted by Gasteiger charge is -2.14. The number of carbonyl (C=O) groups is 3. The molecule has 1 unspecified atom stereocenters. The minimum Gasteiger partial charge on any atom is -0.481 e. The van der Waals surface area contributed by atoms with E-state index in [9.17, 15) is 14.4 Å². The molecule has 1 heterocycles. The number of Topliss-reactive ketones (excluding diaryl/α,β-unsaturated/α-hetero) is 1. The van der Waals surface area contributed by atoms with E-state index in [1.807, 2.05) is 0 Å². The summed E-state index contributed by atoms with van der Waals surface area (Å²) in [6.07, 6.45) is 0.